The number of aryl methyl sites for hydroxylation is 1. The summed E-state index contributed by atoms with van der Waals surface area (Å²) in [5.41, 5.74) is 0.765. The van der Waals surface area contributed by atoms with Crippen LogP contribution in [0.15, 0.2) is 12.1 Å². The SMILES string of the molecule is Cc1nc(C(=O)NC(C)C2CCCC2)ccc1C(=O)O. The number of carboxylic acids is 1. The Morgan fingerprint density at radius 1 is 1.35 bits per heavy atom. The lowest BCUT2D eigenvalue weighted by Crippen LogP contribution is -2.37. The molecular formula is C15H20N2O3. The molecule has 2 rings (SSSR count). The highest BCUT2D eigenvalue weighted by Gasteiger charge is 2.23. The van der Waals surface area contributed by atoms with Crippen LogP contribution in [0.5, 0.6) is 0 Å². The van der Waals surface area contributed by atoms with E-state index in [4.69, 9.17) is 5.11 Å². The Kier molecular flexibility index (Phi) is 4.37. The van der Waals surface area contributed by atoms with Crippen LogP contribution >= 0.6 is 0 Å². The molecule has 0 aliphatic heterocycles. The van der Waals surface area contributed by atoms with E-state index in [1.807, 2.05) is 6.92 Å². The highest BCUT2D eigenvalue weighted by Crippen LogP contribution is 2.27. The molecular weight excluding hydrogens is 256 g/mol. The van der Waals surface area contributed by atoms with Crippen LogP contribution in [0.2, 0.25) is 0 Å². The summed E-state index contributed by atoms with van der Waals surface area (Å²) < 4.78 is 0. The van der Waals surface area contributed by atoms with E-state index in [2.05, 4.69) is 10.3 Å². The molecule has 108 valence electrons. The third-order valence-corrected chi connectivity index (χ3v) is 4.01. The molecule has 0 bridgehead atoms. The molecule has 0 saturated heterocycles. The van der Waals surface area contributed by atoms with Crippen molar-refractivity contribution < 1.29 is 14.7 Å². The molecule has 20 heavy (non-hydrogen) atoms. The Hall–Kier alpha value is -1.91. The van der Waals surface area contributed by atoms with Crippen LogP contribution in [0.1, 0.15) is 59.1 Å². The molecule has 2 N–H and O–H groups in total. The fourth-order valence-electron chi connectivity index (χ4n) is 2.77. The normalized spacial score (nSPS) is 16.9. The quantitative estimate of drug-likeness (QED) is 0.885. The summed E-state index contributed by atoms with van der Waals surface area (Å²) >= 11 is 0. The molecule has 1 aliphatic carbocycles. The highest BCUT2D eigenvalue weighted by atomic mass is 16.4. The molecule has 1 saturated carbocycles. The molecule has 0 spiro atoms. The number of hydrogen-bond donors (Lipinski definition) is 2. The van der Waals surface area contributed by atoms with Crippen molar-refractivity contribution in [1.82, 2.24) is 10.3 Å². The molecule has 1 heterocycles. The van der Waals surface area contributed by atoms with Gasteiger partial charge < -0.3 is 10.4 Å². The number of nitrogens with zero attached hydrogens (tertiary/aromatic N) is 1. The van der Waals surface area contributed by atoms with Crippen molar-refractivity contribution in [2.45, 2.75) is 45.6 Å². The lowest BCUT2D eigenvalue weighted by molar-refractivity contribution is 0.0694. The second kappa shape index (κ2) is 6.03. The van der Waals surface area contributed by atoms with Crippen molar-refractivity contribution in [3.8, 4) is 0 Å². The van der Waals surface area contributed by atoms with Crippen molar-refractivity contribution in [1.29, 1.82) is 0 Å². The fraction of sp³-hybridized carbons (Fsp3) is 0.533. The minimum atomic E-state index is -1.03. The number of aromatic nitrogens is 1. The second-order valence-electron chi connectivity index (χ2n) is 5.44. The predicted octanol–water partition coefficient (Wildman–Crippen LogP) is 2.40. The van der Waals surface area contributed by atoms with E-state index in [1.165, 1.54) is 25.0 Å². The molecule has 1 aromatic heterocycles. The lowest BCUT2D eigenvalue weighted by Gasteiger charge is -2.20. The van der Waals surface area contributed by atoms with Crippen molar-refractivity contribution in [3.05, 3.63) is 29.1 Å². The predicted molar refractivity (Wildman–Crippen MR) is 74.8 cm³/mol. The zero-order valence-corrected chi connectivity index (χ0v) is 11.8. The lowest BCUT2D eigenvalue weighted by atomic mass is 10.00. The van der Waals surface area contributed by atoms with Crippen LogP contribution < -0.4 is 5.32 Å². The zero-order valence-electron chi connectivity index (χ0n) is 11.8. The first-order valence-electron chi connectivity index (χ1n) is 7.01. The molecule has 1 fully saturated rings. The Balaban J connectivity index is 2.05. The number of nitrogens with one attached hydrogen (secondary N) is 1. The number of carbonyl (C=O) groups excluding carboxylic acids is 1. The minimum Gasteiger partial charge on any atom is -0.478 e. The Labute approximate surface area is 118 Å². The standard InChI is InChI=1S/C15H20N2O3/c1-9(11-5-3-4-6-11)17-14(18)13-8-7-12(15(19)20)10(2)16-13/h7-9,11H,3-6H2,1-2H3,(H,17,18)(H,19,20). The minimum absolute atomic E-state index is 0.130. The van der Waals surface area contributed by atoms with Gasteiger partial charge in [-0.25, -0.2) is 9.78 Å². The van der Waals surface area contributed by atoms with Crippen molar-refractivity contribution >= 4 is 11.9 Å². The first-order chi connectivity index (χ1) is 9.49. The topological polar surface area (TPSA) is 79.3 Å². The number of pyridine rings is 1. The molecule has 5 heteroatoms. The molecule has 0 radical (unpaired) electrons. The molecule has 1 aliphatic rings. The van der Waals surface area contributed by atoms with Crippen molar-refractivity contribution in [3.63, 3.8) is 0 Å². The molecule has 1 atom stereocenters. The average molecular weight is 276 g/mol. The molecule has 1 amide bonds. The van der Waals surface area contributed by atoms with Gasteiger partial charge in [0.2, 0.25) is 0 Å². The number of carbonyl (C=O) groups is 2. The van der Waals surface area contributed by atoms with Crippen LogP contribution in [-0.2, 0) is 0 Å². The van der Waals surface area contributed by atoms with Gasteiger partial charge in [-0.05, 0) is 44.7 Å². The summed E-state index contributed by atoms with van der Waals surface area (Å²) in [5, 5.41) is 11.9. The third kappa shape index (κ3) is 3.15. The largest absolute Gasteiger partial charge is 0.478 e. The third-order valence-electron chi connectivity index (χ3n) is 4.01. The Bertz CT molecular complexity index is 522. The summed E-state index contributed by atoms with van der Waals surface area (Å²) in [4.78, 5) is 27.1. The molecule has 5 nitrogen and oxygen atoms in total. The number of rotatable bonds is 4. The van der Waals surface area contributed by atoms with Crippen LogP contribution in [0.3, 0.4) is 0 Å². The number of carboxylic acid groups (broad SMARTS) is 1. The van der Waals surface area contributed by atoms with Gasteiger partial charge in [0.05, 0.1) is 11.3 Å². The van der Waals surface area contributed by atoms with Crippen LogP contribution in [0.25, 0.3) is 0 Å². The number of amides is 1. The van der Waals surface area contributed by atoms with Crippen LogP contribution in [0.4, 0.5) is 0 Å². The van der Waals surface area contributed by atoms with Gasteiger partial charge in [0.15, 0.2) is 0 Å². The number of aromatic carboxylic acids is 1. The fourth-order valence-corrected chi connectivity index (χ4v) is 2.77. The van der Waals surface area contributed by atoms with E-state index in [-0.39, 0.29) is 23.2 Å². The van der Waals surface area contributed by atoms with Gasteiger partial charge in [0.25, 0.3) is 5.91 Å². The van der Waals surface area contributed by atoms with Gasteiger partial charge in [-0.2, -0.15) is 0 Å². The average Bonchev–Trinajstić information content (AvgIpc) is 2.91. The van der Waals surface area contributed by atoms with E-state index < -0.39 is 5.97 Å². The van der Waals surface area contributed by atoms with Gasteiger partial charge in [0, 0.05) is 6.04 Å². The first kappa shape index (κ1) is 14.5. The van der Waals surface area contributed by atoms with E-state index in [9.17, 15) is 9.59 Å². The second-order valence-corrected chi connectivity index (χ2v) is 5.44. The van der Waals surface area contributed by atoms with E-state index in [0.717, 1.165) is 12.8 Å². The maximum Gasteiger partial charge on any atom is 0.337 e. The maximum absolute atomic E-state index is 12.1. The van der Waals surface area contributed by atoms with Gasteiger partial charge in [0.1, 0.15) is 5.69 Å². The summed E-state index contributed by atoms with van der Waals surface area (Å²) in [6.07, 6.45) is 4.78. The molecule has 0 aromatic carbocycles. The first-order valence-corrected chi connectivity index (χ1v) is 7.01. The van der Waals surface area contributed by atoms with Gasteiger partial charge in [-0.15, -0.1) is 0 Å². The van der Waals surface area contributed by atoms with Gasteiger partial charge in [-0.3, -0.25) is 4.79 Å². The van der Waals surface area contributed by atoms with Crippen molar-refractivity contribution in [2.75, 3.05) is 0 Å². The summed E-state index contributed by atoms with van der Waals surface area (Å²) in [6.45, 7) is 3.62. The van der Waals surface area contributed by atoms with Crippen LogP contribution in [0, 0.1) is 12.8 Å². The van der Waals surface area contributed by atoms with Crippen molar-refractivity contribution in [2.24, 2.45) is 5.92 Å². The van der Waals surface area contributed by atoms with E-state index in [1.54, 1.807) is 6.92 Å². The Morgan fingerprint density at radius 2 is 2.00 bits per heavy atom. The van der Waals surface area contributed by atoms with Crippen LogP contribution in [-0.4, -0.2) is 28.0 Å². The van der Waals surface area contributed by atoms with Gasteiger partial charge in [-0.1, -0.05) is 12.8 Å². The highest BCUT2D eigenvalue weighted by molar-refractivity contribution is 5.94. The zero-order chi connectivity index (χ0) is 14.7. The molecule has 1 aromatic rings. The smallest absolute Gasteiger partial charge is 0.337 e. The van der Waals surface area contributed by atoms with E-state index >= 15 is 0 Å². The monoisotopic (exact) mass is 276 g/mol. The summed E-state index contributed by atoms with van der Waals surface area (Å²) in [6, 6.07) is 3.03. The maximum atomic E-state index is 12.1. The van der Waals surface area contributed by atoms with E-state index in [0.29, 0.717) is 11.6 Å². The summed E-state index contributed by atoms with van der Waals surface area (Å²) in [5.74, 6) is -0.718. The van der Waals surface area contributed by atoms with Gasteiger partial charge >= 0.3 is 5.97 Å². The number of hydrogen-bond acceptors (Lipinski definition) is 3. The Morgan fingerprint density at radius 3 is 2.55 bits per heavy atom. The molecule has 1 unspecified atom stereocenters. The summed E-state index contributed by atoms with van der Waals surface area (Å²) in [7, 11) is 0.